The lowest BCUT2D eigenvalue weighted by Gasteiger charge is -2.06. The monoisotopic (exact) mass is 384 g/mol. The normalized spacial score (nSPS) is 10.7. The second-order valence-corrected chi connectivity index (χ2v) is 6.59. The van der Waals surface area contributed by atoms with Crippen LogP contribution in [0.5, 0.6) is 11.5 Å². The fraction of sp³-hybridized carbons (Fsp3) is 0.160. The SMILES string of the molecule is CCOc1ccc(-c2nc(-c3ccccc3)c(-c3ccc(OCC)cc3)[nH]2)cc1. The molecule has 4 aromatic rings. The Hall–Kier alpha value is -3.53. The summed E-state index contributed by atoms with van der Waals surface area (Å²) in [7, 11) is 0. The van der Waals surface area contributed by atoms with E-state index in [0.717, 1.165) is 45.4 Å². The molecule has 0 bridgehead atoms. The number of benzene rings is 3. The van der Waals surface area contributed by atoms with Crippen LogP contribution in [0.3, 0.4) is 0 Å². The maximum Gasteiger partial charge on any atom is 0.138 e. The van der Waals surface area contributed by atoms with Crippen molar-refractivity contribution in [3.8, 4) is 45.4 Å². The molecular weight excluding hydrogens is 360 g/mol. The van der Waals surface area contributed by atoms with Gasteiger partial charge in [0.25, 0.3) is 0 Å². The van der Waals surface area contributed by atoms with E-state index in [1.807, 2.05) is 68.4 Å². The molecule has 1 aromatic heterocycles. The third kappa shape index (κ3) is 4.16. The first-order valence-corrected chi connectivity index (χ1v) is 9.90. The minimum Gasteiger partial charge on any atom is -0.494 e. The number of ether oxygens (including phenoxy) is 2. The molecule has 4 nitrogen and oxygen atoms in total. The Morgan fingerprint density at radius 2 is 1.21 bits per heavy atom. The summed E-state index contributed by atoms with van der Waals surface area (Å²) in [5.41, 5.74) is 5.08. The fourth-order valence-electron chi connectivity index (χ4n) is 3.28. The van der Waals surface area contributed by atoms with E-state index in [4.69, 9.17) is 14.5 Å². The van der Waals surface area contributed by atoms with E-state index in [0.29, 0.717) is 13.2 Å². The Bertz CT molecular complexity index is 1050. The maximum atomic E-state index is 5.58. The van der Waals surface area contributed by atoms with Gasteiger partial charge in [0, 0.05) is 16.7 Å². The molecule has 1 N–H and O–H groups in total. The van der Waals surface area contributed by atoms with Crippen molar-refractivity contribution in [2.45, 2.75) is 13.8 Å². The van der Waals surface area contributed by atoms with Gasteiger partial charge in [-0.3, -0.25) is 0 Å². The molecule has 146 valence electrons. The van der Waals surface area contributed by atoms with Gasteiger partial charge in [-0.15, -0.1) is 0 Å². The molecule has 0 saturated heterocycles. The van der Waals surface area contributed by atoms with Crippen LogP contribution in [0.4, 0.5) is 0 Å². The molecule has 0 aliphatic rings. The van der Waals surface area contributed by atoms with Gasteiger partial charge in [-0.25, -0.2) is 4.98 Å². The van der Waals surface area contributed by atoms with E-state index in [-0.39, 0.29) is 0 Å². The van der Waals surface area contributed by atoms with Crippen LogP contribution in [-0.4, -0.2) is 23.2 Å². The summed E-state index contributed by atoms with van der Waals surface area (Å²) in [6, 6.07) is 26.3. The molecule has 0 radical (unpaired) electrons. The number of H-pyrrole nitrogens is 1. The van der Waals surface area contributed by atoms with Crippen LogP contribution in [0.2, 0.25) is 0 Å². The summed E-state index contributed by atoms with van der Waals surface area (Å²) < 4.78 is 11.1. The quantitative estimate of drug-likeness (QED) is 0.412. The number of imidazole rings is 1. The molecule has 3 aromatic carbocycles. The Balaban J connectivity index is 1.76. The lowest BCUT2D eigenvalue weighted by molar-refractivity contribution is 0.340. The van der Waals surface area contributed by atoms with Crippen LogP contribution < -0.4 is 9.47 Å². The largest absolute Gasteiger partial charge is 0.494 e. The number of nitrogens with zero attached hydrogens (tertiary/aromatic N) is 1. The average molecular weight is 384 g/mol. The summed E-state index contributed by atoms with van der Waals surface area (Å²) in [6.07, 6.45) is 0. The highest BCUT2D eigenvalue weighted by Crippen LogP contribution is 2.34. The van der Waals surface area contributed by atoms with Gasteiger partial charge in [0.1, 0.15) is 17.3 Å². The lowest BCUT2D eigenvalue weighted by atomic mass is 10.1. The van der Waals surface area contributed by atoms with E-state index in [1.165, 1.54) is 0 Å². The zero-order valence-corrected chi connectivity index (χ0v) is 16.7. The Morgan fingerprint density at radius 1 is 0.655 bits per heavy atom. The predicted octanol–water partition coefficient (Wildman–Crippen LogP) is 6.21. The van der Waals surface area contributed by atoms with Gasteiger partial charge in [0.2, 0.25) is 0 Å². The molecule has 0 aliphatic heterocycles. The second-order valence-electron chi connectivity index (χ2n) is 6.59. The van der Waals surface area contributed by atoms with Crippen LogP contribution in [0.15, 0.2) is 78.9 Å². The molecule has 0 amide bonds. The highest BCUT2D eigenvalue weighted by atomic mass is 16.5. The van der Waals surface area contributed by atoms with E-state index in [9.17, 15) is 0 Å². The third-order valence-electron chi connectivity index (χ3n) is 4.64. The molecule has 1 heterocycles. The van der Waals surface area contributed by atoms with Crippen molar-refractivity contribution in [2.75, 3.05) is 13.2 Å². The van der Waals surface area contributed by atoms with Gasteiger partial charge in [-0.05, 0) is 62.4 Å². The Morgan fingerprint density at radius 3 is 1.76 bits per heavy atom. The Kier molecular flexibility index (Phi) is 5.61. The number of nitrogens with one attached hydrogen (secondary N) is 1. The molecule has 0 unspecified atom stereocenters. The first-order chi connectivity index (χ1) is 14.3. The summed E-state index contributed by atoms with van der Waals surface area (Å²) in [6.45, 7) is 5.27. The van der Waals surface area contributed by atoms with Gasteiger partial charge >= 0.3 is 0 Å². The molecule has 0 atom stereocenters. The van der Waals surface area contributed by atoms with E-state index >= 15 is 0 Å². The van der Waals surface area contributed by atoms with Crippen molar-refractivity contribution in [2.24, 2.45) is 0 Å². The number of aromatic amines is 1. The topological polar surface area (TPSA) is 47.1 Å². The highest BCUT2D eigenvalue weighted by molar-refractivity contribution is 5.81. The van der Waals surface area contributed by atoms with E-state index in [1.54, 1.807) is 0 Å². The minimum atomic E-state index is 0.653. The number of hydrogen-bond donors (Lipinski definition) is 1. The zero-order chi connectivity index (χ0) is 20.1. The van der Waals surface area contributed by atoms with Crippen molar-refractivity contribution in [3.63, 3.8) is 0 Å². The summed E-state index contributed by atoms with van der Waals surface area (Å²) >= 11 is 0. The van der Waals surface area contributed by atoms with Crippen LogP contribution >= 0.6 is 0 Å². The second kappa shape index (κ2) is 8.65. The van der Waals surface area contributed by atoms with Gasteiger partial charge in [0.05, 0.1) is 24.6 Å². The first kappa shape index (κ1) is 18.8. The molecule has 4 heteroatoms. The van der Waals surface area contributed by atoms with Crippen LogP contribution in [0, 0.1) is 0 Å². The van der Waals surface area contributed by atoms with Crippen molar-refractivity contribution in [1.82, 2.24) is 9.97 Å². The molecule has 4 rings (SSSR count). The van der Waals surface area contributed by atoms with Crippen LogP contribution in [0.1, 0.15) is 13.8 Å². The van der Waals surface area contributed by atoms with Crippen LogP contribution in [-0.2, 0) is 0 Å². The summed E-state index contributed by atoms with van der Waals surface area (Å²) in [5.74, 6) is 2.55. The minimum absolute atomic E-state index is 0.653. The molecule has 0 fully saturated rings. The standard InChI is InChI=1S/C25H24N2O2/c1-3-28-21-14-10-19(11-15-21)24-23(18-8-6-5-7-9-18)26-25(27-24)20-12-16-22(17-13-20)29-4-2/h5-17H,3-4H2,1-2H3,(H,26,27). The summed E-state index contributed by atoms with van der Waals surface area (Å²) in [4.78, 5) is 8.46. The highest BCUT2D eigenvalue weighted by Gasteiger charge is 2.15. The molecule has 0 aliphatic carbocycles. The molecule has 29 heavy (non-hydrogen) atoms. The lowest BCUT2D eigenvalue weighted by Crippen LogP contribution is -1.91. The maximum absolute atomic E-state index is 5.58. The van der Waals surface area contributed by atoms with Gasteiger partial charge in [-0.1, -0.05) is 30.3 Å². The average Bonchev–Trinajstić information content (AvgIpc) is 3.21. The van der Waals surface area contributed by atoms with Crippen molar-refractivity contribution in [3.05, 3.63) is 78.9 Å². The molecule has 0 saturated carbocycles. The van der Waals surface area contributed by atoms with Gasteiger partial charge in [0.15, 0.2) is 0 Å². The zero-order valence-electron chi connectivity index (χ0n) is 16.7. The van der Waals surface area contributed by atoms with Gasteiger partial charge in [-0.2, -0.15) is 0 Å². The smallest absolute Gasteiger partial charge is 0.138 e. The number of rotatable bonds is 7. The van der Waals surface area contributed by atoms with E-state index in [2.05, 4.69) is 29.2 Å². The van der Waals surface area contributed by atoms with Crippen molar-refractivity contribution < 1.29 is 9.47 Å². The number of aromatic nitrogens is 2. The molecule has 0 spiro atoms. The Labute approximate surface area is 171 Å². The fourth-order valence-corrected chi connectivity index (χ4v) is 3.28. The number of hydrogen-bond acceptors (Lipinski definition) is 3. The van der Waals surface area contributed by atoms with Gasteiger partial charge < -0.3 is 14.5 Å². The molecular formula is C25H24N2O2. The summed E-state index contributed by atoms with van der Waals surface area (Å²) in [5, 5.41) is 0. The van der Waals surface area contributed by atoms with Crippen LogP contribution in [0.25, 0.3) is 33.9 Å². The third-order valence-corrected chi connectivity index (χ3v) is 4.64. The van der Waals surface area contributed by atoms with Crippen molar-refractivity contribution >= 4 is 0 Å². The van der Waals surface area contributed by atoms with Crippen molar-refractivity contribution in [1.29, 1.82) is 0 Å². The predicted molar refractivity (Wildman–Crippen MR) is 117 cm³/mol. The van der Waals surface area contributed by atoms with E-state index < -0.39 is 0 Å². The first-order valence-electron chi connectivity index (χ1n) is 9.90.